The largest absolute Gasteiger partial charge is 0.480 e. The van der Waals surface area contributed by atoms with Crippen LogP contribution in [0.15, 0.2) is 18.2 Å². The number of carbonyl (C=O) groups excluding carboxylic acids is 2. The summed E-state index contributed by atoms with van der Waals surface area (Å²) < 4.78 is 5.26. The molecule has 1 aliphatic heterocycles. The summed E-state index contributed by atoms with van der Waals surface area (Å²) in [6.07, 6.45) is -0.334. The standard InChI is InChI=1S/C17H21N3O7/c1-17(2,3)27-16(24)19-7-6-18(9-14(19)15(22)23)12-5-4-11(10-21)13(8-12)20(25)26/h4-5,8,10,14H,6-7,9H2,1-3H3,(H,22,23). The fraction of sp³-hybridized carbons (Fsp3) is 0.471. The lowest BCUT2D eigenvalue weighted by Gasteiger charge is -2.40. The molecule has 0 aromatic heterocycles. The van der Waals surface area contributed by atoms with Crippen molar-refractivity contribution in [2.75, 3.05) is 24.5 Å². The van der Waals surface area contributed by atoms with Gasteiger partial charge >= 0.3 is 12.1 Å². The van der Waals surface area contributed by atoms with E-state index in [1.165, 1.54) is 18.2 Å². The maximum absolute atomic E-state index is 12.3. The molecule has 10 heteroatoms. The van der Waals surface area contributed by atoms with E-state index in [0.717, 1.165) is 4.90 Å². The molecule has 0 spiro atoms. The Bertz CT molecular complexity index is 772. The summed E-state index contributed by atoms with van der Waals surface area (Å²) in [7, 11) is 0. The molecule has 1 N–H and O–H groups in total. The van der Waals surface area contributed by atoms with E-state index in [1.807, 2.05) is 0 Å². The van der Waals surface area contributed by atoms with Gasteiger partial charge in [0.05, 0.1) is 10.5 Å². The van der Waals surface area contributed by atoms with Gasteiger partial charge in [0.1, 0.15) is 11.6 Å². The van der Waals surface area contributed by atoms with Gasteiger partial charge in [0, 0.05) is 31.4 Å². The predicted molar refractivity (Wildman–Crippen MR) is 95.1 cm³/mol. The van der Waals surface area contributed by atoms with E-state index in [9.17, 15) is 29.6 Å². The van der Waals surface area contributed by atoms with Crippen molar-refractivity contribution in [1.29, 1.82) is 0 Å². The number of carboxylic acid groups (broad SMARTS) is 1. The predicted octanol–water partition coefficient (Wildman–Crippen LogP) is 1.92. The molecule has 1 saturated heterocycles. The van der Waals surface area contributed by atoms with Crippen LogP contribution in [0.5, 0.6) is 0 Å². The van der Waals surface area contributed by atoms with Gasteiger partial charge < -0.3 is 14.7 Å². The number of ether oxygens (including phenoxy) is 1. The zero-order valence-electron chi connectivity index (χ0n) is 15.2. The normalized spacial score (nSPS) is 17.4. The van der Waals surface area contributed by atoms with E-state index in [-0.39, 0.29) is 30.9 Å². The van der Waals surface area contributed by atoms with Crippen molar-refractivity contribution in [3.8, 4) is 0 Å². The molecule has 27 heavy (non-hydrogen) atoms. The average molecular weight is 379 g/mol. The molecule has 1 heterocycles. The fourth-order valence-electron chi connectivity index (χ4n) is 2.75. The van der Waals surface area contributed by atoms with Crippen molar-refractivity contribution in [3.63, 3.8) is 0 Å². The summed E-state index contributed by atoms with van der Waals surface area (Å²) in [4.78, 5) is 48.1. The minimum atomic E-state index is -1.20. The number of carbonyl (C=O) groups is 3. The Morgan fingerprint density at radius 3 is 2.52 bits per heavy atom. The van der Waals surface area contributed by atoms with Crippen LogP contribution in [0.2, 0.25) is 0 Å². The molecule has 1 fully saturated rings. The third-order valence-electron chi connectivity index (χ3n) is 4.00. The van der Waals surface area contributed by atoms with Crippen molar-refractivity contribution in [2.45, 2.75) is 32.4 Å². The fourth-order valence-corrected chi connectivity index (χ4v) is 2.75. The molecule has 146 valence electrons. The topological polar surface area (TPSA) is 130 Å². The lowest BCUT2D eigenvalue weighted by Crippen LogP contribution is -2.59. The van der Waals surface area contributed by atoms with Gasteiger partial charge in [-0.3, -0.25) is 19.8 Å². The molecular weight excluding hydrogens is 358 g/mol. The van der Waals surface area contributed by atoms with Crippen LogP contribution in [0.4, 0.5) is 16.2 Å². The van der Waals surface area contributed by atoms with Gasteiger partial charge in [-0.2, -0.15) is 0 Å². The van der Waals surface area contributed by atoms with Crippen molar-refractivity contribution in [1.82, 2.24) is 4.90 Å². The summed E-state index contributed by atoms with van der Waals surface area (Å²) in [5.74, 6) is -1.20. The summed E-state index contributed by atoms with van der Waals surface area (Å²) in [5.41, 5.74) is -0.778. The second kappa shape index (κ2) is 7.60. The molecule has 1 atom stereocenters. The van der Waals surface area contributed by atoms with E-state index in [4.69, 9.17) is 4.74 Å². The minimum Gasteiger partial charge on any atom is -0.480 e. The maximum atomic E-state index is 12.3. The number of aliphatic carboxylic acids is 1. The number of amides is 1. The number of anilines is 1. The number of hydrogen-bond acceptors (Lipinski definition) is 7. The molecule has 10 nitrogen and oxygen atoms in total. The monoisotopic (exact) mass is 379 g/mol. The van der Waals surface area contributed by atoms with Gasteiger partial charge in [-0.25, -0.2) is 9.59 Å². The van der Waals surface area contributed by atoms with Gasteiger partial charge in [-0.1, -0.05) is 0 Å². The Hall–Kier alpha value is -3.17. The zero-order chi connectivity index (χ0) is 20.4. The first-order valence-electron chi connectivity index (χ1n) is 8.24. The smallest absolute Gasteiger partial charge is 0.411 e. The number of nitro benzene ring substituents is 1. The van der Waals surface area contributed by atoms with Gasteiger partial charge in [-0.05, 0) is 32.9 Å². The third-order valence-corrected chi connectivity index (χ3v) is 4.00. The Morgan fingerprint density at radius 2 is 2.00 bits per heavy atom. The van der Waals surface area contributed by atoms with Crippen LogP contribution < -0.4 is 4.90 Å². The highest BCUT2D eigenvalue weighted by atomic mass is 16.6. The highest BCUT2D eigenvalue weighted by Crippen LogP contribution is 2.27. The van der Waals surface area contributed by atoms with Crippen molar-refractivity contribution in [2.24, 2.45) is 0 Å². The van der Waals surface area contributed by atoms with Crippen molar-refractivity contribution >= 4 is 29.7 Å². The molecule has 1 aromatic carbocycles. The van der Waals surface area contributed by atoms with Crippen LogP contribution in [0.25, 0.3) is 0 Å². The van der Waals surface area contributed by atoms with Gasteiger partial charge in [-0.15, -0.1) is 0 Å². The van der Waals surface area contributed by atoms with Crippen LogP contribution in [-0.4, -0.2) is 64.6 Å². The summed E-state index contributed by atoms with van der Waals surface area (Å²) in [6.45, 7) is 5.34. The molecule has 1 aliphatic rings. The lowest BCUT2D eigenvalue weighted by molar-refractivity contribution is -0.385. The second-order valence-electron chi connectivity index (χ2n) is 7.09. The first kappa shape index (κ1) is 20.1. The van der Waals surface area contributed by atoms with Gasteiger partial charge in [0.25, 0.3) is 5.69 Å². The number of benzene rings is 1. The number of nitro groups is 1. The zero-order valence-corrected chi connectivity index (χ0v) is 15.2. The molecular formula is C17H21N3O7. The quantitative estimate of drug-likeness (QED) is 0.477. The maximum Gasteiger partial charge on any atom is 0.411 e. The summed E-state index contributed by atoms with van der Waals surface area (Å²) in [5, 5.41) is 20.6. The summed E-state index contributed by atoms with van der Waals surface area (Å²) >= 11 is 0. The molecule has 2 rings (SSSR count). The van der Waals surface area contributed by atoms with Crippen LogP contribution >= 0.6 is 0 Å². The third kappa shape index (κ3) is 4.72. The molecule has 1 aromatic rings. The average Bonchev–Trinajstić information content (AvgIpc) is 2.59. The second-order valence-corrected chi connectivity index (χ2v) is 7.09. The molecule has 1 unspecified atom stereocenters. The SMILES string of the molecule is CC(C)(C)OC(=O)N1CCN(c2ccc(C=O)c([N+](=O)[O-])c2)CC1C(=O)O. The van der Waals surface area contributed by atoms with E-state index in [1.54, 1.807) is 25.7 Å². The number of rotatable bonds is 4. The van der Waals surface area contributed by atoms with E-state index in [2.05, 4.69) is 0 Å². The van der Waals surface area contributed by atoms with E-state index >= 15 is 0 Å². The number of nitrogens with zero attached hydrogens (tertiary/aromatic N) is 3. The number of carboxylic acids is 1. The number of aldehydes is 1. The molecule has 0 aliphatic carbocycles. The Morgan fingerprint density at radius 1 is 1.33 bits per heavy atom. The van der Waals surface area contributed by atoms with Crippen LogP contribution in [0, 0.1) is 10.1 Å². The van der Waals surface area contributed by atoms with Gasteiger partial charge in [0.15, 0.2) is 6.29 Å². The number of piperazine rings is 1. The van der Waals surface area contributed by atoms with Gasteiger partial charge in [0.2, 0.25) is 0 Å². The lowest BCUT2D eigenvalue weighted by atomic mass is 10.1. The Labute approximate surface area is 155 Å². The van der Waals surface area contributed by atoms with Crippen LogP contribution in [-0.2, 0) is 9.53 Å². The highest BCUT2D eigenvalue weighted by molar-refractivity contribution is 5.84. The van der Waals surface area contributed by atoms with Crippen molar-refractivity contribution < 1.29 is 29.2 Å². The Balaban J connectivity index is 2.25. The molecule has 0 radical (unpaired) electrons. The highest BCUT2D eigenvalue weighted by Gasteiger charge is 2.38. The molecule has 0 bridgehead atoms. The van der Waals surface area contributed by atoms with Crippen LogP contribution in [0.1, 0.15) is 31.1 Å². The first-order chi connectivity index (χ1) is 12.5. The van der Waals surface area contributed by atoms with E-state index in [0.29, 0.717) is 12.0 Å². The van der Waals surface area contributed by atoms with E-state index < -0.39 is 28.6 Å². The van der Waals surface area contributed by atoms with Crippen molar-refractivity contribution in [3.05, 3.63) is 33.9 Å². The molecule has 0 saturated carbocycles. The molecule has 1 amide bonds. The number of hydrogen-bond donors (Lipinski definition) is 1. The Kier molecular flexibility index (Phi) is 5.67. The van der Waals surface area contributed by atoms with Crippen LogP contribution in [0.3, 0.4) is 0 Å². The minimum absolute atomic E-state index is 0.0633. The summed E-state index contributed by atoms with van der Waals surface area (Å²) in [6, 6.07) is 2.89. The first-order valence-corrected chi connectivity index (χ1v) is 8.24.